The molecule has 0 bridgehead atoms. The van der Waals surface area contributed by atoms with Gasteiger partial charge in [-0.25, -0.2) is 9.37 Å². The first-order valence-corrected chi connectivity index (χ1v) is 5.88. The van der Waals surface area contributed by atoms with E-state index in [9.17, 15) is 4.39 Å². The van der Waals surface area contributed by atoms with Crippen molar-refractivity contribution in [3.05, 3.63) is 29.0 Å². The highest BCUT2D eigenvalue weighted by atomic mass is 32.1. The lowest BCUT2D eigenvalue weighted by Gasteiger charge is -2.25. The molecular weight excluding hydrogens is 211 g/mol. The fourth-order valence-corrected chi connectivity index (χ4v) is 2.88. The molecule has 78 valence electrons. The molecule has 1 N–H and O–H groups in total. The average Bonchev–Trinajstić information content (AvgIpc) is 2.53. The second-order valence-electron chi connectivity index (χ2n) is 3.95. The summed E-state index contributed by atoms with van der Waals surface area (Å²) >= 11 is 1.61. The number of hydrogen-bond donors (Lipinski definition) is 1. The maximum Gasteiger partial charge on any atom is 0.124 e. The van der Waals surface area contributed by atoms with Crippen molar-refractivity contribution in [2.24, 2.45) is 5.92 Å². The summed E-state index contributed by atoms with van der Waals surface area (Å²) in [5.41, 5.74) is 0.920. The molecule has 1 aromatic heterocycles. The summed E-state index contributed by atoms with van der Waals surface area (Å²) in [6, 6.07) is 4.79. The SMILES string of the molecule is Fc1ccc2nc(CC3CNC3)sc2c1. The normalized spacial score (nSPS) is 16.9. The highest BCUT2D eigenvalue weighted by molar-refractivity contribution is 7.18. The number of halogens is 1. The summed E-state index contributed by atoms with van der Waals surface area (Å²) in [4.78, 5) is 4.50. The van der Waals surface area contributed by atoms with Crippen molar-refractivity contribution < 1.29 is 4.39 Å². The van der Waals surface area contributed by atoms with Crippen LogP contribution in [0.2, 0.25) is 0 Å². The smallest absolute Gasteiger partial charge is 0.124 e. The van der Waals surface area contributed by atoms with Gasteiger partial charge in [-0.3, -0.25) is 0 Å². The second kappa shape index (κ2) is 3.54. The molecular formula is C11H11FN2S. The van der Waals surface area contributed by atoms with Crippen molar-refractivity contribution in [3.63, 3.8) is 0 Å². The third-order valence-corrected chi connectivity index (χ3v) is 3.76. The topological polar surface area (TPSA) is 24.9 Å². The van der Waals surface area contributed by atoms with Gasteiger partial charge in [0.05, 0.1) is 15.2 Å². The van der Waals surface area contributed by atoms with Crippen LogP contribution in [-0.4, -0.2) is 18.1 Å². The number of hydrogen-bond acceptors (Lipinski definition) is 3. The molecule has 2 nitrogen and oxygen atoms in total. The van der Waals surface area contributed by atoms with Crippen LogP contribution < -0.4 is 5.32 Å². The van der Waals surface area contributed by atoms with Crippen molar-refractivity contribution >= 4 is 21.6 Å². The third-order valence-electron chi connectivity index (χ3n) is 2.72. The molecule has 2 aromatic rings. The van der Waals surface area contributed by atoms with Crippen LogP contribution in [0.5, 0.6) is 0 Å². The van der Waals surface area contributed by atoms with Crippen LogP contribution in [0.1, 0.15) is 5.01 Å². The molecule has 1 saturated heterocycles. The van der Waals surface area contributed by atoms with Crippen LogP contribution in [0, 0.1) is 11.7 Å². The van der Waals surface area contributed by atoms with E-state index in [1.54, 1.807) is 23.5 Å². The van der Waals surface area contributed by atoms with Crippen molar-refractivity contribution in [2.75, 3.05) is 13.1 Å². The van der Waals surface area contributed by atoms with Gasteiger partial charge in [0.2, 0.25) is 0 Å². The molecule has 0 amide bonds. The maximum atomic E-state index is 13.0. The Bertz CT molecular complexity index is 490. The number of thiazole rings is 1. The Hall–Kier alpha value is -1.00. The molecule has 0 spiro atoms. The van der Waals surface area contributed by atoms with E-state index < -0.39 is 0 Å². The zero-order valence-corrected chi connectivity index (χ0v) is 8.98. The van der Waals surface area contributed by atoms with Crippen LogP contribution >= 0.6 is 11.3 Å². The Morgan fingerprint density at radius 1 is 1.47 bits per heavy atom. The van der Waals surface area contributed by atoms with Gasteiger partial charge in [-0.2, -0.15) is 0 Å². The largest absolute Gasteiger partial charge is 0.316 e. The lowest BCUT2D eigenvalue weighted by molar-refractivity contribution is 0.346. The number of aromatic nitrogens is 1. The van der Waals surface area contributed by atoms with E-state index in [0.29, 0.717) is 0 Å². The van der Waals surface area contributed by atoms with E-state index in [2.05, 4.69) is 10.3 Å². The highest BCUT2D eigenvalue weighted by Crippen LogP contribution is 2.25. The van der Waals surface area contributed by atoms with Gasteiger partial charge in [0, 0.05) is 6.42 Å². The Balaban J connectivity index is 1.91. The van der Waals surface area contributed by atoms with Gasteiger partial charge in [-0.05, 0) is 37.2 Å². The molecule has 15 heavy (non-hydrogen) atoms. The molecule has 0 radical (unpaired) electrons. The minimum Gasteiger partial charge on any atom is -0.316 e. The van der Waals surface area contributed by atoms with Gasteiger partial charge in [0.25, 0.3) is 0 Å². The van der Waals surface area contributed by atoms with E-state index in [1.165, 1.54) is 6.07 Å². The number of fused-ring (bicyclic) bond motifs is 1. The summed E-state index contributed by atoms with van der Waals surface area (Å²) in [6.45, 7) is 2.18. The highest BCUT2D eigenvalue weighted by Gasteiger charge is 2.18. The molecule has 1 fully saturated rings. The van der Waals surface area contributed by atoms with Gasteiger partial charge in [-0.15, -0.1) is 11.3 Å². The third kappa shape index (κ3) is 1.75. The maximum absolute atomic E-state index is 13.0. The van der Waals surface area contributed by atoms with Crippen LogP contribution in [0.3, 0.4) is 0 Å². The van der Waals surface area contributed by atoms with E-state index in [0.717, 1.165) is 40.7 Å². The summed E-state index contributed by atoms with van der Waals surface area (Å²) in [5, 5.41) is 4.37. The molecule has 1 aliphatic heterocycles. The first kappa shape index (κ1) is 9.24. The Morgan fingerprint density at radius 3 is 3.07 bits per heavy atom. The van der Waals surface area contributed by atoms with Crippen LogP contribution in [0.25, 0.3) is 10.2 Å². The van der Waals surface area contributed by atoms with E-state index in [4.69, 9.17) is 0 Å². The molecule has 0 aliphatic carbocycles. The Kier molecular flexibility index (Phi) is 2.18. The fraction of sp³-hybridized carbons (Fsp3) is 0.364. The number of benzene rings is 1. The lowest BCUT2D eigenvalue weighted by atomic mass is 10.0. The zero-order valence-electron chi connectivity index (χ0n) is 8.16. The monoisotopic (exact) mass is 222 g/mol. The average molecular weight is 222 g/mol. The van der Waals surface area contributed by atoms with Gasteiger partial charge in [0.15, 0.2) is 0 Å². The minimum atomic E-state index is -0.178. The van der Waals surface area contributed by atoms with Gasteiger partial charge in [0.1, 0.15) is 5.82 Å². The van der Waals surface area contributed by atoms with E-state index in [-0.39, 0.29) is 5.82 Å². The Labute approximate surface area is 91.1 Å². The van der Waals surface area contributed by atoms with Crippen molar-refractivity contribution in [1.82, 2.24) is 10.3 Å². The summed E-state index contributed by atoms with van der Waals surface area (Å²) in [5.74, 6) is 0.540. The number of nitrogens with zero attached hydrogens (tertiary/aromatic N) is 1. The zero-order chi connectivity index (χ0) is 10.3. The molecule has 1 aromatic carbocycles. The molecule has 0 unspecified atom stereocenters. The molecule has 4 heteroatoms. The van der Waals surface area contributed by atoms with E-state index in [1.807, 2.05) is 0 Å². The summed E-state index contributed by atoms with van der Waals surface area (Å²) < 4.78 is 13.9. The van der Waals surface area contributed by atoms with Crippen molar-refractivity contribution in [1.29, 1.82) is 0 Å². The molecule has 2 heterocycles. The van der Waals surface area contributed by atoms with Crippen LogP contribution in [0.15, 0.2) is 18.2 Å². The lowest BCUT2D eigenvalue weighted by Crippen LogP contribution is -2.43. The number of nitrogens with one attached hydrogen (secondary N) is 1. The van der Waals surface area contributed by atoms with Crippen molar-refractivity contribution in [3.8, 4) is 0 Å². The quantitative estimate of drug-likeness (QED) is 0.842. The summed E-state index contributed by atoms with van der Waals surface area (Å²) in [6.07, 6.45) is 1.02. The molecule has 0 atom stereocenters. The fourth-order valence-electron chi connectivity index (χ4n) is 1.77. The van der Waals surface area contributed by atoms with Gasteiger partial charge in [-0.1, -0.05) is 0 Å². The molecule has 3 rings (SSSR count). The Morgan fingerprint density at radius 2 is 2.33 bits per heavy atom. The standard InChI is InChI=1S/C11H11FN2S/c12-8-1-2-9-10(4-8)15-11(14-9)3-7-5-13-6-7/h1-2,4,7,13H,3,5-6H2. The van der Waals surface area contributed by atoms with Crippen molar-refractivity contribution in [2.45, 2.75) is 6.42 Å². The molecule has 0 saturated carbocycles. The van der Waals surface area contributed by atoms with Crippen LogP contribution in [-0.2, 0) is 6.42 Å². The first-order valence-electron chi connectivity index (χ1n) is 5.07. The summed E-state index contributed by atoms with van der Waals surface area (Å²) in [7, 11) is 0. The molecule has 1 aliphatic rings. The van der Waals surface area contributed by atoms with Gasteiger partial charge < -0.3 is 5.32 Å². The van der Waals surface area contributed by atoms with Gasteiger partial charge >= 0.3 is 0 Å². The van der Waals surface area contributed by atoms with E-state index >= 15 is 0 Å². The minimum absolute atomic E-state index is 0.178. The first-order chi connectivity index (χ1) is 7.31. The predicted octanol–water partition coefficient (Wildman–Crippen LogP) is 2.20. The predicted molar refractivity (Wildman–Crippen MR) is 59.6 cm³/mol. The second-order valence-corrected chi connectivity index (χ2v) is 5.06. The van der Waals surface area contributed by atoms with Crippen LogP contribution in [0.4, 0.5) is 4.39 Å². The number of rotatable bonds is 2.